The predicted molar refractivity (Wildman–Crippen MR) is 159 cm³/mol. The van der Waals surface area contributed by atoms with Crippen LogP contribution in [0.15, 0.2) is 64.6 Å². The first kappa shape index (κ1) is 26.7. The molecule has 196 valence electrons. The summed E-state index contributed by atoms with van der Waals surface area (Å²) < 4.78 is 11.4. The highest BCUT2D eigenvalue weighted by molar-refractivity contribution is 9.10. The molecule has 0 bridgehead atoms. The summed E-state index contributed by atoms with van der Waals surface area (Å²) in [6, 6.07) is 12.2. The van der Waals surface area contributed by atoms with E-state index in [1.54, 1.807) is 6.33 Å². The maximum atomic E-state index is 5.97. The predicted octanol–water partition coefficient (Wildman–Crippen LogP) is 7.89. The van der Waals surface area contributed by atoms with Crippen molar-refractivity contribution in [3.8, 4) is 11.3 Å². The Bertz CT molecular complexity index is 1330. The summed E-state index contributed by atoms with van der Waals surface area (Å²) in [6.07, 6.45) is 12.7. The van der Waals surface area contributed by atoms with Gasteiger partial charge in [-0.25, -0.2) is 9.97 Å². The standard InChI is InChI=1S/C28H36BrN5OSSi/c1-37(2,3)15-14-35-20-33-13-12-24-27(30-19-31-28(24)33)22-16-32-34(17-22)23-10-8-21(9-11-23)18-36-26-7-5-4-6-25(26)29/h4-7,12-13,16-17,19,21,23H,8-11,14-15,18,20H2,1-3H3/t21-,23+. The van der Waals surface area contributed by atoms with Gasteiger partial charge in [-0.2, -0.15) is 5.10 Å². The molecule has 0 spiro atoms. The molecule has 1 aliphatic carbocycles. The van der Waals surface area contributed by atoms with Crippen molar-refractivity contribution in [1.82, 2.24) is 24.3 Å². The molecule has 1 aliphatic rings. The molecule has 5 rings (SSSR count). The molecule has 1 saturated carbocycles. The molecular formula is C28H36BrN5OSSi. The summed E-state index contributed by atoms with van der Waals surface area (Å²) in [4.78, 5) is 10.5. The van der Waals surface area contributed by atoms with E-state index in [1.807, 2.05) is 18.0 Å². The second-order valence-electron chi connectivity index (χ2n) is 11.2. The van der Waals surface area contributed by atoms with E-state index in [0.29, 0.717) is 12.8 Å². The van der Waals surface area contributed by atoms with E-state index in [4.69, 9.17) is 9.84 Å². The van der Waals surface area contributed by atoms with Gasteiger partial charge in [0.2, 0.25) is 0 Å². The monoisotopic (exact) mass is 597 g/mol. The molecule has 1 aromatic carbocycles. The molecule has 0 atom stereocenters. The highest BCUT2D eigenvalue weighted by Crippen LogP contribution is 2.37. The number of halogens is 1. The molecule has 0 unspecified atom stereocenters. The van der Waals surface area contributed by atoms with Crippen molar-refractivity contribution in [2.75, 3.05) is 12.4 Å². The molecule has 3 aromatic heterocycles. The van der Waals surface area contributed by atoms with Gasteiger partial charge in [0.05, 0.1) is 17.9 Å². The van der Waals surface area contributed by atoms with Crippen molar-refractivity contribution in [1.29, 1.82) is 0 Å². The summed E-state index contributed by atoms with van der Waals surface area (Å²) in [6.45, 7) is 8.43. The number of benzene rings is 1. The molecule has 37 heavy (non-hydrogen) atoms. The number of rotatable bonds is 10. The van der Waals surface area contributed by atoms with Crippen LogP contribution in [0.4, 0.5) is 0 Å². The Morgan fingerprint density at radius 2 is 1.89 bits per heavy atom. The van der Waals surface area contributed by atoms with Gasteiger partial charge in [-0.05, 0) is 71.8 Å². The molecule has 3 heterocycles. The quantitative estimate of drug-likeness (QED) is 0.106. The average molecular weight is 599 g/mol. The number of aromatic nitrogens is 5. The van der Waals surface area contributed by atoms with E-state index in [1.165, 1.54) is 40.8 Å². The summed E-state index contributed by atoms with van der Waals surface area (Å²) >= 11 is 5.64. The zero-order valence-electron chi connectivity index (χ0n) is 21.9. The first-order valence-corrected chi connectivity index (χ1v) is 18.7. The fraction of sp³-hybridized carbons (Fsp3) is 0.464. The Hall–Kier alpha value is -1.94. The van der Waals surface area contributed by atoms with Gasteiger partial charge in [-0.1, -0.05) is 31.8 Å². The third-order valence-electron chi connectivity index (χ3n) is 7.16. The van der Waals surface area contributed by atoms with Gasteiger partial charge in [0.25, 0.3) is 0 Å². The second-order valence-corrected chi connectivity index (χ2v) is 18.8. The fourth-order valence-electron chi connectivity index (χ4n) is 4.88. The molecule has 0 radical (unpaired) electrons. The molecular weight excluding hydrogens is 562 g/mol. The van der Waals surface area contributed by atoms with Crippen LogP contribution < -0.4 is 0 Å². The normalized spacial score (nSPS) is 18.5. The largest absolute Gasteiger partial charge is 0.361 e. The van der Waals surface area contributed by atoms with E-state index >= 15 is 0 Å². The first-order valence-electron chi connectivity index (χ1n) is 13.2. The smallest absolute Gasteiger partial charge is 0.145 e. The zero-order valence-corrected chi connectivity index (χ0v) is 25.3. The van der Waals surface area contributed by atoms with Gasteiger partial charge >= 0.3 is 0 Å². The van der Waals surface area contributed by atoms with Crippen molar-refractivity contribution >= 4 is 46.8 Å². The highest BCUT2D eigenvalue weighted by Gasteiger charge is 2.24. The molecule has 0 aliphatic heterocycles. The van der Waals surface area contributed by atoms with Crippen molar-refractivity contribution in [3.63, 3.8) is 0 Å². The number of ether oxygens (including phenoxy) is 1. The summed E-state index contributed by atoms with van der Waals surface area (Å²) in [5.74, 6) is 1.94. The molecule has 0 saturated heterocycles. The number of nitrogens with zero attached hydrogens (tertiary/aromatic N) is 5. The number of hydrogen-bond acceptors (Lipinski definition) is 5. The number of thioether (sulfide) groups is 1. The lowest BCUT2D eigenvalue weighted by molar-refractivity contribution is 0.0899. The SMILES string of the molecule is C[Si](C)(C)CCOCn1ccc2c(-c3cnn([C@H]4CC[C@@H](CSc5ccccc5Br)CC4)c3)ncnc21. The fourth-order valence-corrected chi connectivity index (χ4v) is 7.40. The van der Waals surface area contributed by atoms with Crippen molar-refractivity contribution in [2.45, 2.75) is 69.0 Å². The van der Waals surface area contributed by atoms with Gasteiger partial charge in [-0.15, -0.1) is 11.8 Å². The Labute approximate surface area is 233 Å². The van der Waals surface area contributed by atoms with Crippen LogP contribution in [0.2, 0.25) is 25.7 Å². The molecule has 6 nitrogen and oxygen atoms in total. The van der Waals surface area contributed by atoms with Crippen LogP contribution in [0, 0.1) is 5.92 Å². The van der Waals surface area contributed by atoms with Gasteiger partial charge in [-0.3, -0.25) is 4.68 Å². The van der Waals surface area contributed by atoms with E-state index in [2.05, 4.69) is 97.5 Å². The molecule has 4 aromatic rings. The third-order valence-corrected chi connectivity index (χ3v) is 11.1. The molecule has 1 fully saturated rings. The van der Waals surface area contributed by atoms with Crippen LogP contribution in [0.1, 0.15) is 31.7 Å². The summed E-state index contributed by atoms with van der Waals surface area (Å²) in [7, 11) is -1.09. The van der Waals surface area contributed by atoms with E-state index in [-0.39, 0.29) is 0 Å². The van der Waals surface area contributed by atoms with Crippen molar-refractivity contribution in [3.05, 3.63) is 59.7 Å². The van der Waals surface area contributed by atoms with Gasteiger partial charge in [0.15, 0.2) is 0 Å². The lowest BCUT2D eigenvalue weighted by Crippen LogP contribution is -2.22. The summed E-state index contributed by atoms with van der Waals surface area (Å²) in [5.41, 5.74) is 2.90. The Morgan fingerprint density at radius 3 is 2.68 bits per heavy atom. The van der Waals surface area contributed by atoms with Crippen LogP contribution in [0.3, 0.4) is 0 Å². The Morgan fingerprint density at radius 1 is 1.08 bits per heavy atom. The third kappa shape index (κ3) is 6.74. The topological polar surface area (TPSA) is 57.8 Å². The number of hydrogen-bond donors (Lipinski definition) is 0. The lowest BCUT2D eigenvalue weighted by Gasteiger charge is -2.28. The average Bonchev–Trinajstić information content (AvgIpc) is 3.54. The zero-order chi connectivity index (χ0) is 25.8. The van der Waals surface area contributed by atoms with Crippen molar-refractivity contribution in [2.24, 2.45) is 5.92 Å². The van der Waals surface area contributed by atoms with Crippen LogP contribution in [0.25, 0.3) is 22.3 Å². The Balaban J connectivity index is 1.19. The first-order chi connectivity index (χ1) is 17.9. The van der Waals surface area contributed by atoms with E-state index in [9.17, 15) is 0 Å². The Kier molecular flexibility index (Phi) is 8.53. The van der Waals surface area contributed by atoms with Gasteiger partial charge in [0, 0.05) is 53.1 Å². The van der Waals surface area contributed by atoms with Crippen LogP contribution >= 0.6 is 27.7 Å². The minimum Gasteiger partial charge on any atom is -0.361 e. The van der Waals surface area contributed by atoms with E-state index in [0.717, 1.165) is 40.9 Å². The maximum Gasteiger partial charge on any atom is 0.145 e. The number of fused-ring (bicyclic) bond motifs is 1. The maximum absolute atomic E-state index is 5.97. The van der Waals surface area contributed by atoms with E-state index < -0.39 is 8.07 Å². The van der Waals surface area contributed by atoms with Crippen LogP contribution in [0.5, 0.6) is 0 Å². The molecule has 0 N–H and O–H groups in total. The lowest BCUT2D eigenvalue weighted by atomic mass is 9.87. The highest BCUT2D eigenvalue weighted by atomic mass is 79.9. The minimum atomic E-state index is -1.09. The van der Waals surface area contributed by atoms with Crippen LogP contribution in [-0.2, 0) is 11.5 Å². The minimum absolute atomic E-state index is 0.458. The second kappa shape index (κ2) is 11.8. The molecule has 0 amide bonds. The van der Waals surface area contributed by atoms with Crippen molar-refractivity contribution < 1.29 is 4.74 Å². The molecule has 9 heteroatoms. The van der Waals surface area contributed by atoms with Crippen LogP contribution in [-0.4, -0.2) is 44.7 Å². The van der Waals surface area contributed by atoms with Gasteiger partial charge in [0.1, 0.15) is 18.7 Å². The van der Waals surface area contributed by atoms with Gasteiger partial charge < -0.3 is 9.30 Å². The summed E-state index contributed by atoms with van der Waals surface area (Å²) in [5, 5.41) is 5.81.